The van der Waals surface area contributed by atoms with Crippen molar-refractivity contribution in [2.24, 2.45) is 0 Å². The lowest BCUT2D eigenvalue weighted by atomic mass is 10.1. The molecule has 0 atom stereocenters. The number of hydrogen-bond acceptors (Lipinski definition) is 5. The minimum atomic E-state index is -0.490. The molecule has 2 aromatic carbocycles. The van der Waals surface area contributed by atoms with E-state index in [9.17, 15) is 14.0 Å². The van der Waals surface area contributed by atoms with Crippen LogP contribution in [0.25, 0.3) is 22.4 Å². The van der Waals surface area contributed by atoms with Gasteiger partial charge in [-0.1, -0.05) is 24.3 Å². The van der Waals surface area contributed by atoms with Gasteiger partial charge in [0, 0.05) is 11.8 Å². The number of amides is 2. The number of benzene rings is 2. The molecular weight excluding hydrogens is 413 g/mol. The molecule has 0 unspecified atom stereocenters. The number of furan rings is 1. The van der Waals surface area contributed by atoms with Gasteiger partial charge in [0.2, 0.25) is 5.91 Å². The molecule has 32 heavy (non-hydrogen) atoms. The van der Waals surface area contributed by atoms with Gasteiger partial charge >= 0.3 is 0 Å². The van der Waals surface area contributed by atoms with Crippen molar-refractivity contribution in [2.45, 2.75) is 12.8 Å². The van der Waals surface area contributed by atoms with Crippen LogP contribution in [0.15, 0.2) is 71.3 Å². The molecule has 0 bridgehead atoms. The average Bonchev–Trinajstić information content (AvgIpc) is 3.35. The zero-order valence-corrected chi connectivity index (χ0v) is 17.2. The summed E-state index contributed by atoms with van der Waals surface area (Å²) in [6.07, 6.45) is 1.91. The second-order valence-electron chi connectivity index (χ2n) is 7.02. The number of hydrazine groups is 1. The van der Waals surface area contributed by atoms with Crippen molar-refractivity contribution < 1.29 is 23.1 Å². The van der Waals surface area contributed by atoms with E-state index in [2.05, 4.69) is 15.8 Å². The van der Waals surface area contributed by atoms with Crippen LogP contribution in [0.5, 0.6) is 5.75 Å². The summed E-state index contributed by atoms with van der Waals surface area (Å²) in [5, 5.41) is 0.642. The molecule has 2 amide bonds. The van der Waals surface area contributed by atoms with Crippen molar-refractivity contribution in [1.29, 1.82) is 0 Å². The lowest BCUT2D eigenvalue weighted by Gasteiger charge is -2.11. The highest BCUT2D eigenvalue weighted by molar-refractivity contribution is 6.07. The molecule has 0 aliphatic rings. The van der Waals surface area contributed by atoms with Gasteiger partial charge in [0.05, 0.1) is 24.5 Å². The molecule has 0 fully saturated rings. The Morgan fingerprint density at radius 3 is 2.66 bits per heavy atom. The van der Waals surface area contributed by atoms with E-state index in [0.717, 1.165) is 0 Å². The summed E-state index contributed by atoms with van der Waals surface area (Å²) >= 11 is 0. The Kier molecular flexibility index (Phi) is 6.12. The molecule has 4 aromatic rings. The minimum Gasteiger partial charge on any atom is -0.494 e. The molecule has 0 saturated carbocycles. The second-order valence-corrected chi connectivity index (χ2v) is 7.02. The third-order valence-corrected chi connectivity index (χ3v) is 4.91. The average molecular weight is 433 g/mol. The Morgan fingerprint density at radius 2 is 1.91 bits per heavy atom. The Morgan fingerprint density at radius 1 is 1.06 bits per heavy atom. The molecule has 2 heterocycles. The Hall–Kier alpha value is -4.20. The van der Waals surface area contributed by atoms with E-state index >= 15 is 0 Å². The normalized spacial score (nSPS) is 10.7. The van der Waals surface area contributed by atoms with Gasteiger partial charge in [0.1, 0.15) is 5.69 Å². The zero-order chi connectivity index (χ0) is 22.5. The van der Waals surface area contributed by atoms with Gasteiger partial charge in [0.25, 0.3) is 5.91 Å². The summed E-state index contributed by atoms with van der Waals surface area (Å²) in [7, 11) is 1.39. The number of fused-ring (bicyclic) bond motifs is 1. The van der Waals surface area contributed by atoms with Crippen LogP contribution in [-0.4, -0.2) is 23.9 Å². The lowest BCUT2D eigenvalue weighted by molar-refractivity contribution is -0.121. The van der Waals surface area contributed by atoms with E-state index in [0.29, 0.717) is 39.9 Å². The number of ether oxygens (including phenoxy) is 1. The molecule has 2 N–H and O–H groups in total. The van der Waals surface area contributed by atoms with Crippen molar-refractivity contribution in [3.8, 4) is 17.2 Å². The topological polar surface area (TPSA) is 93.5 Å². The van der Waals surface area contributed by atoms with Gasteiger partial charge in [-0.15, -0.1) is 0 Å². The van der Waals surface area contributed by atoms with Crippen LogP contribution in [-0.2, 0) is 11.2 Å². The molecule has 0 spiro atoms. The van der Waals surface area contributed by atoms with Crippen molar-refractivity contribution in [2.75, 3.05) is 7.11 Å². The highest BCUT2D eigenvalue weighted by Gasteiger charge is 2.16. The third-order valence-electron chi connectivity index (χ3n) is 4.91. The summed E-state index contributed by atoms with van der Waals surface area (Å²) < 4.78 is 24.1. The number of aromatic nitrogens is 1. The zero-order valence-electron chi connectivity index (χ0n) is 17.2. The number of hydrogen-bond donors (Lipinski definition) is 2. The lowest BCUT2D eigenvalue weighted by Crippen LogP contribution is -2.41. The van der Waals surface area contributed by atoms with E-state index in [1.165, 1.54) is 25.5 Å². The first kappa shape index (κ1) is 21.0. The number of halogens is 1. The fraction of sp³-hybridized carbons (Fsp3) is 0.125. The number of carbonyl (C=O) groups excluding carboxylic acids is 2. The number of nitrogens with one attached hydrogen (secondary N) is 2. The van der Waals surface area contributed by atoms with Gasteiger partial charge in [0.15, 0.2) is 17.3 Å². The molecule has 7 nitrogen and oxygen atoms in total. The molecule has 0 radical (unpaired) electrons. The predicted molar refractivity (Wildman–Crippen MR) is 116 cm³/mol. The van der Waals surface area contributed by atoms with Crippen LogP contribution < -0.4 is 15.6 Å². The number of rotatable bonds is 6. The summed E-state index contributed by atoms with van der Waals surface area (Å²) in [6.45, 7) is 0. The molecule has 4 rings (SSSR count). The smallest absolute Gasteiger partial charge is 0.270 e. The van der Waals surface area contributed by atoms with Gasteiger partial charge in [-0.25, -0.2) is 9.37 Å². The second kappa shape index (κ2) is 9.30. The minimum absolute atomic E-state index is 0.0702. The van der Waals surface area contributed by atoms with Crippen molar-refractivity contribution in [1.82, 2.24) is 15.8 Å². The van der Waals surface area contributed by atoms with Crippen LogP contribution >= 0.6 is 0 Å². The summed E-state index contributed by atoms with van der Waals surface area (Å²) in [5.74, 6) is -0.709. The summed E-state index contributed by atoms with van der Waals surface area (Å²) in [5.41, 5.74) is 6.97. The summed E-state index contributed by atoms with van der Waals surface area (Å²) in [6, 6.07) is 16.8. The number of carbonyl (C=O) groups is 2. The standard InChI is InChI=1S/C24H20FN3O4/c1-31-21-10-8-15(13-18(21)25)9-11-23(29)27-28-24(30)17-14-20(22-7-4-12-32-22)26-19-6-3-2-5-16(17)19/h2-8,10,12-14H,9,11H2,1H3,(H,27,29)(H,28,30). The van der Waals surface area contributed by atoms with Crippen LogP contribution in [0.2, 0.25) is 0 Å². The Bertz CT molecular complexity index is 1270. The van der Waals surface area contributed by atoms with Crippen molar-refractivity contribution in [3.05, 3.63) is 83.9 Å². The molecular formula is C24H20FN3O4. The third kappa shape index (κ3) is 4.59. The first-order valence-electron chi connectivity index (χ1n) is 9.90. The maximum absolute atomic E-state index is 13.8. The predicted octanol–water partition coefficient (Wildman–Crippen LogP) is 4.04. The Labute approximate surface area is 183 Å². The van der Waals surface area contributed by atoms with E-state index in [4.69, 9.17) is 9.15 Å². The number of pyridine rings is 1. The molecule has 162 valence electrons. The van der Waals surface area contributed by atoms with Gasteiger partial charge in [-0.3, -0.25) is 20.4 Å². The number of methoxy groups -OCH3 is 1. The summed E-state index contributed by atoms with van der Waals surface area (Å²) in [4.78, 5) is 29.6. The number of nitrogens with zero attached hydrogens (tertiary/aromatic N) is 1. The molecule has 0 saturated heterocycles. The highest BCUT2D eigenvalue weighted by Crippen LogP contribution is 2.25. The largest absolute Gasteiger partial charge is 0.494 e. The van der Waals surface area contributed by atoms with Gasteiger partial charge < -0.3 is 9.15 Å². The van der Waals surface area contributed by atoms with E-state index in [1.807, 2.05) is 6.07 Å². The number of para-hydroxylation sites is 1. The molecule has 0 aliphatic heterocycles. The molecule has 8 heteroatoms. The van der Waals surface area contributed by atoms with E-state index in [1.54, 1.807) is 42.5 Å². The monoisotopic (exact) mass is 433 g/mol. The fourth-order valence-corrected chi connectivity index (χ4v) is 3.29. The van der Waals surface area contributed by atoms with Gasteiger partial charge in [-0.2, -0.15) is 0 Å². The van der Waals surface area contributed by atoms with Crippen molar-refractivity contribution in [3.63, 3.8) is 0 Å². The SMILES string of the molecule is COc1ccc(CCC(=O)NNC(=O)c2cc(-c3ccco3)nc3ccccc23)cc1F. The first-order valence-corrected chi connectivity index (χ1v) is 9.90. The van der Waals surface area contributed by atoms with E-state index in [-0.39, 0.29) is 12.2 Å². The highest BCUT2D eigenvalue weighted by atomic mass is 19.1. The first-order chi connectivity index (χ1) is 15.5. The maximum Gasteiger partial charge on any atom is 0.270 e. The quantitative estimate of drug-likeness (QED) is 0.448. The van der Waals surface area contributed by atoms with Crippen LogP contribution in [0.4, 0.5) is 4.39 Å². The number of aryl methyl sites for hydroxylation is 1. The Balaban J connectivity index is 1.43. The van der Waals surface area contributed by atoms with Crippen LogP contribution in [0, 0.1) is 5.82 Å². The molecule has 2 aromatic heterocycles. The van der Waals surface area contributed by atoms with Crippen molar-refractivity contribution >= 4 is 22.7 Å². The van der Waals surface area contributed by atoms with E-state index < -0.39 is 17.6 Å². The maximum atomic E-state index is 13.8. The van der Waals surface area contributed by atoms with Gasteiger partial charge in [-0.05, 0) is 48.4 Å². The molecule has 0 aliphatic carbocycles. The van der Waals surface area contributed by atoms with Crippen LogP contribution in [0.3, 0.4) is 0 Å². The fourth-order valence-electron chi connectivity index (χ4n) is 3.29. The van der Waals surface area contributed by atoms with Crippen LogP contribution in [0.1, 0.15) is 22.3 Å².